The van der Waals surface area contributed by atoms with Gasteiger partial charge in [-0.1, -0.05) is 6.92 Å². The van der Waals surface area contributed by atoms with E-state index in [-0.39, 0.29) is 17.9 Å². The van der Waals surface area contributed by atoms with E-state index in [4.69, 9.17) is 5.73 Å². The topological polar surface area (TPSA) is 84.2 Å². The van der Waals surface area contributed by atoms with Crippen LogP contribution in [0, 0.1) is 5.92 Å². The Morgan fingerprint density at radius 3 is 2.47 bits per heavy atom. The summed E-state index contributed by atoms with van der Waals surface area (Å²) in [6.45, 7) is 3.09. The largest absolute Gasteiger partial charge is 0.356 e. The summed E-state index contributed by atoms with van der Waals surface area (Å²) in [5.41, 5.74) is 5.84. The lowest BCUT2D eigenvalue weighted by atomic mass is 10.1. The van der Waals surface area contributed by atoms with Crippen molar-refractivity contribution in [3.8, 4) is 0 Å². The third-order valence-corrected chi connectivity index (χ3v) is 2.90. The number of carbonyl (C=O) groups excluding carboxylic acids is 2. The van der Waals surface area contributed by atoms with Crippen LogP contribution in [0.2, 0.25) is 0 Å². The molecule has 1 atom stereocenters. The number of amides is 2. The predicted molar refractivity (Wildman–Crippen MR) is 66.2 cm³/mol. The van der Waals surface area contributed by atoms with Crippen LogP contribution in [-0.2, 0) is 9.59 Å². The predicted octanol–water partition coefficient (Wildman–Crippen LogP) is 0.146. The summed E-state index contributed by atoms with van der Waals surface area (Å²) in [6, 6.07) is -0.0103. The van der Waals surface area contributed by atoms with E-state index in [9.17, 15) is 9.59 Å². The lowest BCUT2D eigenvalue weighted by Crippen LogP contribution is -2.35. The minimum atomic E-state index is -0.0484. The second-order valence-corrected chi connectivity index (χ2v) is 4.66. The quantitative estimate of drug-likeness (QED) is 0.565. The standard InChI is InChI=1S/C12H23N3O2/c1-2-6-14-11(16)5-7-15-12(17)8-10(13)9-3-4-9/h9-10H,2-8,13H2,1H3,(H,14,16)(H,15,17). The molecule has 2 amide bonds. The molecule has 1 fully saturated rings. The minimum Gasteiger partial charge on any atom is -0.356 e. The van der Waals surface area contributed by atoms with E-state index in [1.807, 2.05) is 6.92 Å². The average Bonchev–Trinajstić information content (AvgIpc) is 3.09. The van der Waals surface area contributed by atoms with E-state index in [0.29, 0.717) is 31.8 Å². The summed E-state index contributed by atoms with van der Waals surface area (Å²) in [5.74, 6) is 0.472. The molecule has 0 radical (unpaired) electrons. The van der Waals surface area contributed by atoms with Crippen molar-refractivity contribution in [2.45, 2.75) is 45.1 Å². The molecular formula is C12H23N3O2. The van der Waals surface area contributed by atoms with Crippen molar-refractivity contribution in [1.82, 2.24) is 10.6 Å². The Bertz CT molecular complexity index is 264. The van der Waals surface area contributed by atoms with Crippen molar-refractivity contribution >= 4 is 11.8 Å². The molecule has 4 N–H and O–H groups in total. The molecule has 1 aliphatic carbocycles. The van der Waals surface area contributed by atoms with Gasteiger partial charge in [-0.2, -0.15) is 0 Å². The average molecular weight is 241 g/mol. The van der Waals surface area contributed by atoms with Crippen LogP contribution in [0.5, 0.6) is 0 Å². The van der Waals surface area contributed by atoms with Crippen molar-refractivity contribution < 1.29 is 9.59 Å². The van der Waals surface area contributed by atoms with Crippen LogP contribution in [0.4, 0.5) is 0 Å². The van der Waals surface area contributed by atoms with Crippen LogP contribution in [0.3, 0.4) is 0 Å². The normalized spacial score (nSPS) is 16.4. The smallest absolute Gasteiger partial charge is 0.221 e. The molecule has 1 saturated carbocycles. The van der Waals surface area contributed by atoms with Gasteiger partial charge in [-0.3, -0.25) is 9.59 Å². The second-order valence-electron chi connectivity index (χ2n) is 4.66. The Balaban J connectivity index is 2.01. The lowest BCUT2D eigenvalue weighted by Gasteiger charge is -2.10. The fourth-order valence-corrected chi connectivity index (χ4v) is 1.65. The van der Waals surface area contributed by atoms with Gasteiger partial charge in [0.25, 0.3) is 0 Å². The maximum atomic E-state index is 11.5. The highest BCUT2D eigenvalue weighted by Gasteiger charge is 2.29. The number of nitrogens with one attached hydrogen (secondary N) is 2. The first-order valence-corrected chi connectivity index (χ1v) is 6.42. The van der Waals surface area contributed by atoms with Gasteiger partial charge in [-0.15, -0.1) is 0 Å². The third kappa shape index (κ3) is 6.26. The van der Waals surface area contributed by atoms with Gasteiger partial charge in [0.05, 0.1) is 0 Å². The molecule has 0 aromatic rings. The van der Waals surface area contributed by atoms with Gasteiger partial charge in [0.15, 0.2) is 0 Å². The maximum absolute atomic E-state index is 11.5. The van der Waals surface area contributed by atoms with E-state index in [2.05, 4.69) is 10.6 Å². The molecule has 0 aliphatic heterocycles. The molecule has 5 heteroatoms. The third-order valence-electron chi connectivity index (χ3n) is 2.90. The first kappa shape index (κ1) is 14.0. The second kappa shape index (κ2) is 7.27. The fourth-order valence-electron chi connectivity index (χ4n) is 1.65. The molecule has 0 aromatic carbocycles. The van der Waals surface area contributed by atoms with Crippen LogP contribution >= 0.6 is 0 Å². The number of hydrogen-bond donors (Lipinski definition) is 3. The van der Waals surface area contributed by atoms with Crippen LogP contribution in [0.15, 0.2) is 0 Å². The van der Waals surface area contributed by atoms with Gasteiger partial charge < -0.3 is 16.4 Å². The van der Waals surface area contributed by atoms with E-state index in [1.165, 1.54) is 0 Å². The van der Waals surface area contributed by atoms with Gasteiger partial charge in [0, 0.05) is 32.0 Å². The molecule has 0 heterocycles. The Morgan fingerprint density at radius 2 is 1.88 bits per heavy atom. The summed E-state index contributed by atoms with van der Waals surface area (Å²) in [7, 11) is 0. The molecular weight excluding hydrogens is 218 g/mol. The Morgan fingerprint density at radius 1 is 1.24 bits per heavy atom. The first-order chi connectivity index (χ1) is 8.13. The molecule has 5 nitrogen and oxygen atoms in total. The van der Waals surface area contributed by atoms with Crippen molar-refractivity contribution in [2.24, 2.45) is 11.7 Å². The molecule has 17 heavy (non-hydrogen) atoms. The molecule has 0 bridgehead atoms. The molecule has 0 aromatic heterocycles. The molecule has 1 unspecified atom stereocenters. The van der Waals surface area contributed by atoms with Crippen molar-refractivity contribution in [3.05, 3.63) is 0 Å². The van der Waals surface area contributed by atoms with Gasteiger partial charge in [0.1, 0.15) is 0 Å². The maximum Gasteiger partial charge on any atom is 0.221 e. The van der Waals surface area contributed by atoms with Gasteiger partial charge >= 0.3 is 0 Å². The van der Waals surface area contributed by atoms with Crippen molar-refractivity contribution in [3.63, 3.8) is 0 Å². The zero-order chi connectivity index (χ0) is 12.7. The van der Waals surface area contributed by atoms with Crippen molar-refractivity contribution in [2.75, 3.05) is 13.1 Å². The van der Waals surface area contributed by atoms with E-state index in [0.717, 1.165) is 19.3 Å². The highest BCUT2D eigenvalue weighted by molar-refractivity contribution is 5.79. The molecule has 1 aliphatic rings. The Kier molecular flexibility index (Phi) is 5.97. The minimum absolute atomic E-state index is 0.0103. The number of hydrogen-bond acceptors (Lipinski definition) is 3. The lowest BCUT2D eigenvalue weighted by molar-refractivity contribution is -0.122. The zero-order valence-electron chi connectivity index (χ0n) is 10.5. The van der Waals surface area contributed by atoms with Gasteiger partial charge in [0.2, 0.25) is 11.8 Å². The summed E-state index contributed by atoms with van der Waals surface area (Å²) in [5, 5.41) is 5.48. The molecule has 1 rings (SSSR count). The number of carbonyl (C=O) groups is 2. The monoisotopic (exact) mass is 241 g/mol. The zero-order valence-corrected chi connectivity index (χ0v) is 10.5. The van der Waals surface area contributed by atoms with E-state index >= 15 is 0 Å². The van der Waals surface area contributed by atoms with Crippen LogP contribution in [-0.4, -0.2) is 30.9 Å². The summed E-state index contributed by atoms with van der Waals surface area (Å²) >= 11 is 0. The number of nitrogens with two attached hydrogens (primary N) is 1. The first-order valence-electron chi connectivity index (χ1n) is 6.42. The number of rotatable bonds is 8. The van der Waals surface area contributed by atoms with Gasteiger partial charge in [-0.05, 0) is 25.2 Å². The van der Waals surface area contributed by atoms with Crippen LogP contribution < -0.4 is 16.4 Å². The van der Waals surface area contributed by atoms with E-state index < -0.39 is 0 Å². The summed E-state index contributed by atoms with van der Waals surface area (Å²) < 4.78 is 0. The summed E-state index contributed by atoms with van der Waals surface area (Å²) in [4.78, 5) is 22.7. The SMILES string of the molecule is CCCNC(=O)CCNC(=O)CC(N)C1CC1. The Hall–Kier alpha value is -1.10. The van der Waals surface area contributed by atoms with Crippen LogP contribution in [0.1, 0.15) is 39.0 Å². The highest BCUT2D eigenvalue weighted by atomic mass is 16.2. The molecule has 0 spiro atoms. The highest BCUT2D eigenvalue weighted by Crippen LogP contribution is 2.32. The van der Waals surface area contributed by atoms with Crippen LogP contribution in [0.25, 0.3) is 0 Å². The van der Waals surface area contributed by atoms with Gasteiger partial charge in [-0.25, -0.2) is 0 Å². The Labute approximate surface area is 103 Å². The van der Waals surface area contributed by atoms with Crippen molar-refractivity contribution in [1.29, 1.82) is 0 Å². The summed E-state index contributed by atoms with van der Waals surface area (Å²) in [6.07, 6.45) is 3.93. The molecule has 0 saturated heterocycles. The molecule has 98 valence electrons. The van der Waals surface area contributed by atoms with E-state index in [1.54, 1.807) is 0 Å². The fraction of sp³-hybridized carbons (Fsp3) is 0.833.